The molecule has 0 aliphatic rings. The van der Waals surface area contributed by atoms with E-state index < -0.39 is 11.8 Å². The van der Waals surface area contributed by atoms with Gasteiger partial charge in [0.25, 0.3) is 5.56 Å². The average Bonchev–Trinajstić information content (AvgIpc) is 2.34. The number of nitrogens with zero attached hydrogens (tertiary/aromatic N) is 1. The lowest BCUT2D eigenvalue weighted by molar-refractivity contribution is 0.0696. The minimum atomic E-state index is -1.18. The second kappa shape index (κ2) is 5.87. The van der Waals surface area contributed by atoms with Crippen molar-refractivity contribution in [3.63, 3.8) is 0 Å². The molecule has 0 radical (unpaired) electrons. The molecule has 1 heterocycles. The number of nitrogens with one attached hydrogen (secondary N) is 1. The first-order valence-corrected chi connectivity index (χ1v) is 6.66. The zero-order valence-corrected chi connectivity index (χ0v) is 11.3. The quantitative estimate of drug-likeness (QED) is 0.667. The zero-order valence-electron chi connectivity index (χ0n) is 10.5. The maximum atomic E-state index is 13.3. The lowest BCUT2D eigenvalue weighted by Crippen LogP contribution is -2.08. The first-order chi connectivity index (χ1) is 9.44. The summed E-state index contributed by atoms with van der Waals surface area (Å²) in [6.07, 6.45) is 0. The van der Waals surface area contributed by atoms with Gasteiger partial charge in [-0.2, -0.15) is 0 Å². The number of halogens is 1. The van der Waals surface area contributed by atoms with Gasteiger partial charge in [0.05, 0.1) is 5.56 Å². The molecule has 104 valence electrons. The fraction of sp³-hybridized carbons (Fsp3) is 0.154. The number of hydrogen-bond acceptors (Lipinski definition) is 4. The molecular weight excluding hydrogens is 283 g/mol. The molecule has 1 aromatic heterocycles. The minimum absolute atomic E-state index is 0.105. The summed E-state index contributed by atoms with van der Waals surface area (Å²) >= 11 is 1.20. The summed E-state index contributed by atoms with van der Waals surface area (Å²) in [5.41, 5.74) is 0.732. The van der Waals surface area contributed by atoms with E-state index in [4.69, 9.17) is 5.11 Å². The normalized spacial score (nSPS) is 10.5. The molecule has 2 rings (SSSR count). The number of aromatic nitrogens is 2. The van der Waals surface area contributed by atoms with E-state index in [1.165, 1.54) is 30.0 Å². The maximum absolute atomic E-state index is 13.3. The maximum Gasteiger partial charge on any atom is 0.335 e. The van der Waals surface area contributed by atoms with Gasteiger partial charge in [-0.25, -0.2) is 14.2 Å². The number of aromatic amines is 1. The smallest absolute Gasteiger partial charge is 0.335 e. The topological polar surface area (TPSA) is 83.0 Å². The summed E-state index contributed by atoms with van der Waals surface area (Å²) in [7, 11) is 0. The van der Waals surface area contributed by atoms with Crippen molar-refractivity contribution in [1.82, 2.24) is 9.97 Å². The van der Waals surface area contributed by atoms with Gasteiger partial charge in [0.2, 0.25) is 0 Å². The molecule has 0 saturated carbocycles. The Morgan fingerprint density at radius 2 is 2.15 bits per heavy atom. The van der Waals surface area contributed by atoms with Crippen molar-refractivity contribution in [3.05, 3.63) is 57.3 Å². The van der Waals surface area contributed by atoms with Crippen molar-refractivity contribution in [1.29, 1.82) is 0 Å². The third kappa shape index (κ3) is 3.67. The van der Waals surface area contributed by atoms with Crippen LogP contribution in [0.5, 0.6) is 0 Å². The van der Waals surface area contributed by atoms with Crippen molar-refractivity contribution in [2.24, 2.45) is 0 Å². The second-order valence-electron chi connectivity index (χ2n) is 4.13. The Kier molecular flexibility index (Phi) is 4.19. The summed E-state index contributed by atoms with van der Waals surface area (Å²) in [4.78, 5) is 28.8. The highest BCUT2D eigenvalue weighted by atomic mass is 32.2. The lowest BCUT2D eigenvalue weighted by Gasteiger charge is -2.04. The molecule has 2 aromatic rings. The average molecular weight is 294 g/mol. The van der Waals surface area contributed by atoms with E-state index in [1.54, 1.807) is 6.92 Å². The Bertz CT molecular complexity index is 715. The predicted octanol–water partition coefficient (Wildman–Crippen LogP) is 2.21. The van der Waals surface area contributed by atoms with Gasteiger partial charge < -0.3 is 10.1 Å². The number of carboxylic acids is 1. The lowest BCUT2D eigenvalue weighted by atomic mass is 10.1. The monoisotopic (exact) mass is 294 g/mol. The molecule has 20 heavy (non-hydrogen) atoms. The van der Waals surface area contributed by atoms with Crippen molar-refractivity contribution in [2.45, 2.75) is 17.8 Å². The van der Waals surface area contributed by atoms with Gasteiger partial charge in [-0.15, -0.1) is 0 Å². The first-order valence-electron chi connectivity index (χ1n) is 5.67. The van der Waals surface area contributed by atoms with Gasteiger partial charge in [-0.3, -0.25) is 4.79 Å². The zero-order chi connectivity index (χ0) is 14.7. The molecule has 0 bridgehead atoms. The van der Waals surface area contributed by atoms with Crippen LogP contribution in [-0.4, -0.2) is 21.0 Å². The number of aromatic carboxylic acids is 1. The summed E-state index contributed by atoms with van der Waals surface area (Å²) < 4.78 is 13.3. The minimum Gasteiger partial charge on any atom is -0.478 e. The van der Waals surface area contributed by atoms with Crippen LogP contribution in [-0.2, 0) is 5.75 Å². The highest BCUT2D eigenvalue weighted by molar-refractivity contribution is 7.98. The van der Waals surface area contributed by atoms with Crippen molar-refractivity contribution in [2.75, 3.05) is 0 Å². The molecule has 0 aliphatic carbocycles. The van der Waals surface area contributed by atoms with Crippen LogP contribution in [0.25, 0.3) is 0 Å². The van der Waals surface area contributed by atoms with Crippen molar-refractivity contribution in [3.8, 4) is 0 Å². The van der Waals surface area contributed by atoms with Crippen molar-refractivity contribution >= 4 is 17.7 Å². The molecule has 7 heteroatoms. The second-order valence-corrected chi connectivity index (χ2v) is 5.10. The van der Waals surface area contributed by atoms with Gasteiger partial charge in [-0.1, -0.05) is 11.8 Å². The number of rotatable bonds is 4. The van der Waals surface area contributed by atoms with Crippen LogP contribution < -0.4 is 5.56 Å². The molecule has 0 atom stereocenters. The van der Waals surface area contributed by atoms with Crippen LogP contribution in [0.4, 0.5) is 4.39 Å². The summed E-state index contributed by atoms with van der Waals surface area (Å²) in [5, 5.41) is 9.27. The highest BCUT2D eigenvalue weighted by Crippen LogP contribution is 2.20. The fourth-order valence-electron chi connectivity index (χ4n) is 1.63. The number of H-pyrrole nitrogens is 1. The molecule has 0 unspecified atom stereocenters. The van der Waals surface area contributed by atoms with Crippen LogP contribution in [0.15, 0.2) is 34.2 Å². The number of thioether (sulfide) groups is 1. The molecule has 0 spiro atoms. The van der Waals surface area contributed by atoms with E-state index >= 15 is 0 Å². The van der Waals surface area contributed by atoms with Gasteiger partial charge in [0.15, 0.2) is 5.16 Å². The number of hydrogen-bond donors (Lipinski definition) is 2. The number of carboxylic acid groups (broad SMARTS) is 1. The summed E-state index contributed by atoms with van der Waals surface area (Å²) in [6.45, 7) is 1.70. The third-order valence-electron chi connectivity index (χ3n) is 2.43. The predicted molar refractivity (Wildman–Crippen MR) is 72.5 cm³/mol. The van der Waals surface area contributed by atoms with Gasteiger partial charge in [-0.05, 0) is 30.7 Å². The van der Waals surface area contributed by atoms with Crippen LogP contribution in [0.1, 0.15) is 21.6 Å². The number of carbonyl (C=O) groups is 1. The highest BCUT2D eigenvalue weighted by Gasteiger charge is 2.08. The van der Waals surface area contributed by atoms with E-state index in [-0.39, 0.29) is 11.1 Å². The van der Waals surface area contributed by atoms with E-state index in [0.29, 0.717) is 22.2 Å². The molecule has 0 aliphatic heterocycles. The Balaban J connectivity index is 2.18. The SMILES string of the molecule is Cc1cc(=O)[nH]c(SCc2cc(F)cc(C(=O)O)c2)n1. The molecule has 5 nitrogen and oxygen atoms in total. The first kappa shape index (κ1) is 14.3. The van der Waals surface area contributed by atoms with Gasteiger partial charge in [0, 0.05) is 17.5 Å². The number of benzene rings is 1. The van der Waals surface area contributed by atoms with Gasteiger partial charge >= 0.3 is 5.97 Å². The van der Waals surface area contributed by atoms with E-state index in [0.717, 1.165) is 6.07 Å². The largest absolute Gasteiger partial charge is 0.478 e. The Morgan fingerprint density at radius 1 is 1.40 bits per heavy atom. The molecular formula is C13H11FN2O3S. The van der Waals surface area contributed by atoms with Crippen molar-refractivity contribution < 1.29 is 14.3 Å². The molecule has 2 N–H and O–H groups in total. The van der Waals surface area contributed by atoms with Crippen LogP contribution in [0, 0.1) is 12.7 Å². The summed E-state index contributed by atoms with van der Waals surface area (Å²) in [5.74, 6) is -1.48. The fourth-order valence-corrected chi connectivity index (χ4v) is 2.48. The Labute approximate surface area is 117 Å². The molecule has 1 aromatic carbocycles. The molecule has 0 fully saturated rings. The molecule has 0 amide bonds. The van der Waals surface area contributed by atoms with Crippen LogP contribution in [0.3, 0.4) is 0 Å². The van der Waals surface area contributed by atoms with E-state index in [1.807, 2.05) is 0 Å². The third-order valence-corrected chi connectivity index (χ3v) is 3.37. The Morgan fingerprint density at radius 3 is 2.80 bits per heavy atom. The van der Waals surface area contributed by atoms with E-state index in [2.05, 4.69) is 9.97 Å². The van der Waals surface area contributed by atoms with E-state index in [9.17, 15) is 14.0 Å². The van der Waals surface area contributed by atoms with Gasteiger partial charge in [0.1, 0.15) is 5.82 Å². The standard InChI is InChI=1S/C13H11FN2O3S/c1-7-2-11(17)16-13(15-7)20-6-8-3-9(12(18)19)5-10(14)4-8/h2-5H,6H2,1H3,(H,18,19)(H,15,16,17). The molecule has 0 saturated heterocycles. The number of aryl methyl sites for hydroxylation is 1. The van der Waals surface area contributed by atoms with Crippen LogP contribution >= 0.6 is 11.8 Å². The Hall–Kier alpha value is -2.15. The summed E-state index contributed by atoms with van der Waals surface area (Å²) in [6, 6.07) is 4.98. The van der Waals surface area contributed by atoms with Crippen LogP contribution in [0.2, 0.25) is 0 Å².